The van der Waals surface area contributed by atoms with Crippen LogP contribution in [0.1, 0.15) is 45.4 Å². The van der Waals surface area contributed by atoms with Crippen LogP contribution in [0, 0.1) is 5.41 Å². The van der Waals surface area contributed by atoms with E-state index in [9.17, 15) is 0 Å². The lowest BCUT2D eigenvalue weighted by Gasteiger charge is -2.24. The second-order valence-electron chi connectivity index (χ2n) is 5.60. The molecular formula is C14H24N4O. The molecule has 1 aromatic heterocycles. The Labute approximate surface area is 115 Å². The molecule has 1 heterocycles. The van der Waals surface area contributed by atoms with Crippen LogP contribution in [0.2, 0.25) is 0 Å². The van der Waals surface area contributed by atoms with E-state index in [1.807, 2.05) is 6.92 Å². The van der Waals surface area contributed by atoms with Gasteiger partial charge in [0.1, 0.15) is 18.2 Å². The van der Waals surface area contributed by atoms with Gasteiger partial charge in [-0.25, -0.2) is 9.97 Å². The average molecular weight is 264 g/mol. The maximum atomic E-state index is 5.80. The molecule has 5 heteroatoms. The molecule has 0 bridgehead atoms. The third-order valence-corrected chi connectivity index (χ3v) is 3.73. The summed E-state index contributed by atoms with van der Waals surface area (Å²) in [5.41, 5.74) is 6.19. The molecule has 1 aliphatic carbocycles. The molecule has 2 rings (SSSR count). The van der Waals surface area contributed by atoms with E-state index in [0.717, 1.165) is 12.4 Å². The summed E-state index contributed by atoms with van der Waals surface area (Å²) >= 11 is 0. The summed E-state index contributed by atoms with van der Waals surface area (Å²) in [6.45, 7) is 6.29. The van der Waals surface area contributed by atoms with Crippen molar-refractivity contribution in [3.8, 4) is 0 Å². The van der Waals surface area contributed by atoms with Crippen molar-refractivity contribution in [2.24, 2.45) is 5.41 Å². The molecule has 106 valence electrons. The minimum Gasteiger partial charge on any atom is -0.384 e. The van der Waals surface area contributed by atoms with E-state index < -0.39 is 0 Å². The van der Waals surface area contributed by atoms with Crippen LogP contribution in [0.3, 0.4) is 0 Å². The van der Waals surface area contributed by atoms with Gasteiger partial charge in [0, 0.05) is 19.2 Å². The van der Waals surface area contributed by atoms with Gasteiger partial charge >= 0.3 is 0 Å². The second kappa shape index (κ2) is 6.19. The predicted octanol–water partition coefficient (Wildman–Crippen LogP) is 2.59. The van der Waals surface area contributed by atoms with Gasteiger partial charge in [0.2, 0.25) is 0 Å². The van der Waals surface area contributed by atoms with E-state index in [4.69, 9.17) is 10.5 Å². The SMILES string of the molecule is CCOCc1nc(N)cc(NCC2(C)CCCC2)n1. The Morgan fingerprint density at radius 1 is 1.37 bits per heavy atom. The molecule has 0 aromatic carbocycles. The van der Waals surface area contributed by atoms with E-state index in [2.05, 4.69) is 22.2 Å². The molecule has 0 aliphatic heterocycles. The number of nitrogens with zero attached hydrogens (tertiary/aromatic N) is 2. The monoisotopic (exact) mass is 264 g/mol. The molecule has 5 nitrogen and oxygen atoms in total. The van der Waals surface area contributed by atoms with Crippen molar-refractivity contribution in [3.05, 3.63) is 11.9 Å². The molecule has 0 amide bonds. The molecule has 0 atom stereocenters. The van der Waals surface area contributed by atoms with E-state index in [1.54, 1.807) is 6.07 Å². The summed E-state index contributed by atoms with van der Waals surface area (Å²) in [7, 11) is 0. The van der Waals surface area contributed by atoms with Crippen molar-refractivity contribution in [2.45, 2.75) is 46.1 Å². The Morgan fingerprint density at radius 3 is 2.79 bits per heavy atom. The Morgan fingerprint density at radius 2 is 2.11 bits per heavy atom. The number of rotatable bonds is 6. The Bertz CT molecular complexity index is 416. The average Bonchev–Trinajstić information content (AvgIpc) is 2.81. The molecule has 0 saturated heterocycles. The van der Waals surface area contributed by atoms with Gasteiger partial charge in [-0.05, 0) is 25.2 Å². The van der Waals surface area contributed by atoms with E-state index >= 15 is 0 Å². The van der Waals surface area contributed by atoms with Crippen LogP contribution < -0.4 is 11.1 Å². The number of nitrogens with two attached hydrogens (primary N) is 1. The van der Waals surface area contributed by atoms with Gasteiger partial charge in [0.05, 0.1) is 0 Å². The number of nitrogens with one attached hydrogen (secondary N) is 1. The smallest absolute Gasteiger partial charge is 0.158 e. The first-order valence-electron chi connectivity index (χ1n) is 7.06. The van der Waals surface area contributed by atoms with Crippen LogP contribution in [0.25, 0.3) is 0 Å². The van der Waals surface area contributed by atoms with E-state index in [-0.39, 0.29) is 0 Å². The number of aromatic nitrogens is 2. The largest absolute Gasteiger partial charge is 0.384 e. The molecule has 3 N–H and O–H groups in total. The number of hydrogen-bond donors (Lipinski definition) is 2. The fraction of sp³-hybridized carbons (Fsp3) is 0.714. The summed E-state index contributed by atoms with van der Waals surface area (Å²) < 4.78 is 5.32. The van der Waals surface area contributed by atoms with Crippen LogP contribution in [-0.2, 0) is 11.3 Å². The molecule has 19 heavy (non-hydrogen) atoms. The van der Waals surface area contributed by atoms with Crippen LogP contribution in [0.4, 0.5) is 11.6 Å². The fourth-order valence-electron chi connectivity index (χ4n) is 2.58. The topological polar surface area (TPSA) is 73.1 Å². The van der Waals surface area contributed by atoms with Crippen molar-refractivity contribution < 1.29 is 4.74 Å². The Balaban J connectivity index is 1.97. The highest BCUT2D eigenvalue weighted by atomic mass is 16.5. The third kappa shape index (κ3) is 4.06. The van der Waals surface area contributed by atoms with Crippen LogP contribution >= 0.6 is 0 Å². The zero-order chi connectivity index (χ0) is 13.7. The van der Waals surface area contributed by atoms with Gasteiger partial charge in [0.15, 0.2) is 5.82 Å². The van der Waals surface area contributed by atoms with Crippen molar-refractivity contribution in [1.82, 2.24) is 9.97 Å². The first-order chi connectivity index (χ1) is 9.11. The number of anilines is 2. The summed E-state index contributed by atoms with van der Waals surface area (Å²) in [5, 5.41) is 3.40. The summed E-state index contributed by atoms with van der Waals surface area (Å²) in [6.07, 6.45) is 5.23. The predicted molar refractivity (Wildman–Crippen MR) is 76.8 cm³/mol. The van der Waals surface area contributed by atoms with Gasteiger partial charge in [-0.3, -0.25) is 0 Å². The molecule has 0 spiro atoms. The van der Waals surface area contributed by atoms with Gasteiger partial charge in [-0.2, -0.15) is 0 Å². The first-order valence-corrected chi connectivity index (χ1v) is 7.06. The van der Waals surface area contributed by atoms with E-state index in [0.29, 0.717) is 30.3 Å². The highest BCUT2D eigenvalue weighted by Crippen LogP contribution is 2.37. The lowest BCUT2D eigenvalue weighted by Crippen LogP contribution is -2.23. The van der Waals surface area contributed by atoms with Crippen molar-refractivity contribution in [2.75, 3.05) is 24.2 Å². The maximum absolute atomic E-state index is 5.80. The summed E-state index contributed by atoms with van der Waals surface area (Å²) in [6, 6.07) is 1.79. The quantitative estimate of drug-likeness (QED) is 0.826. The van der Waals surface area contributed by atoms with Gasteiger partial charge < -0.3 is 15.8 Å². The molecule has 0 unspecified atom stereocenters. The molecule has 1 aliphatic rings. The van der Waals surface area contributed by atoms with Gasteiger partial charge in [-0.15, -0.1) is 0 Å². The fourth-order valence-corrected chi connectivity index (χ4v) is 2.58. The standard InChI is InChI=1S/C14H24N4O/c1-3-19-9-13-17-11(15)8-12(18-13)16-10-14(2)6-4-5-7-14/h8H,3-7,9-10H2,1-2H3,(H3,15,16,17,18). The number of ether oxygens (including phenoxy) is 1. The minimum atomic E-state index is 0.389. The zero-order valence-corrected chi connectivity index (χ0v) is 11.9. The van der Waals surface area contributed by atoms with Crippen molar-refractivity contribution in [1.29, 1.82) is 0 Å². The normalized spacial score (nSPS) is 17.6. The number of nitrogen functional groups attached to an aromatic ring is 1. The number of hydrogen-bond acceptors (Lipinski definition) is 5. The van der Waals surface area contributed by atoms with Crippen molar-refractivity contribution in [3.63, 3.8) is 0 Å². The highest BCUT2D eigenvalue weighted by molar-refractivity contribution is 5.44. The molecule has 1 fully saturated rings. The zero-order valence-electron chi connectivity index (χ0n) is 11.9. The van der Waals surface area contributed by atoms with E-state index in [1.165, 1.54) is 25.7 Å². The third-order valence-electron chi connectivity index (χ3n) is 3.73. The molecule has 1 aromatic rings. The van der Waals surface area contributed by atoms with Crippen molar-refractivity contribution >= 4 is 11.6 Å². The van der Waals surface area contributed by atoms with Gasteiger partial charge in [-0.1, -0.05) is 19.8 Å². The molecule has 1 saturated carbocycles. The van der Waals surface area contributed by atoms with Crippen LogP contribution in [0.15, 0.2) is 6.07 Å². The lowest BCUT2D eigenvalue weighted by molar-refractivity contribution is 0.128. The first kappa shape index (κ1) is 14.1. The molecular weight excluding hydrogens is 240 g/mol. The highest BCUT2D eigenvalue weighted by Gasteiger charge is 2.28. The van der Waals surface area contributed by atoms with Crippen LogP contribution in [-0.4, -0.2) is 23.1 Å². The lowest BCUT2D eigenvalue weighted by atomic mass is 9.89. The molecule has 0 radical (unpaired) electrons. The maximum Gasteiger partial charge on any atom is 0.158 e. The Hall–Kier alpha value is -1.36. The van der Waals surface area contributed by atoms with Gasteiger partial charge in [0.25, 0.3) is 0 Å². The Kier molecular flexibility index (Phi) is 4.58. The second-order valence-corrected chi connectivity index (χ2v) is 5.60. The summed E-state index contributed by atoms with van der Waals surface area (Å²) in [4.78, 5) is 8.61. The minimum absolute atomic E-state index is 0.389. The van der Waals surface area contributed by atoms with Crippen LogP contribution in [0.5, 0.6) is 0 Å². The summed E-state index contributed by atoms with van der Waals surface area (Å²) in [5.74, 6) is 1.93.